The van der Waals surface area contributed by atoms with Gasteiger partial charge in [-0.1, -0.05) is 23.7 Å². The van der Waals surface area contributed by atoms with Crippen molar-refractivity contribution in [2.75, 3.05) is 32.7 Å². The number of nitrogens with zero attached hydrogens (tertiary/aromatic N) is 2. The number of halogens is 1. The quantitative estimate of drug-likeness (QED) is 0.298. The second-order valence-electron chi connectivity index (χ2n) is 7.20. The van der Waals surface area contributed by atoms with E-state index in [1.165, 1.54) is 0 Å². The number of amides is 1. The highest BCUT2D eigenvalue weighted by Crippen LogP contribution is 2.14. The summed E-state index contributed by atoms with van der Waals surface area (Å²) in [7, 11) is 0. The monoisotopic (exact) mass is 409 g/mol. The van der Waals surface area contributed by atoms with Gasteiger partial charge in [0.2, 0.25) is 0 Å². The van der Waals surface area contributed by atoms with Gasteiger partial charge in [0.05, 0.1) is 10.6 Å². The van der Waals surface area contributed by atoms with E-state index in [1.807, 2.05) is 6.92 Å². The Kier molecular flexibility index (Phi) is 11.6. The summed E-state index contributed by atoms with van der Waals surface area (Å²) in [4.78, 5) is 19.2. The fraction of sp³-hybridized carbons (Fsp3) is 0.619. The zero-order chi connectivity index (χ0) is 20.9. The topological polar surface area (TPSA) is 68.8 Å². The SMILES string of the molecule is CCNC(=NCCCN(C(C)C)C(C)C)NCCNC(=O)c1ccccc1Cl. The lowest BCUT2D eigenvalue weighted by Gasteiger charge is -2.30. The number of hydrogen-bond donors (Lipinski definition) is 3. The van der Waals surface area contributed by atoms with E-state index in [-0.39, 0.29) is 5.91 Å². The minimum atomic E-state index is -0.170. The molecule has 1 amide bonds. The summed E-state index contributed by atoms with van der Waals surface area (Å²) in [5.74, 6) is 0.604. The summed E-state index contributed by atoms with van der Waals surface area (Å²) < 4.78 is 0. The van der Waals surface area contributed by atoms with Crippen LogP contribution in [0.25, 0.3) is 0 Å². The molecule has 1 rings (SSSR count). The van der Waals surface area contributed by atoms with E-state index < -0.39 is 0 Å². The molecule has 0 saturated heterocycles. The molecule has 0 aliphatic rings. The van der Waals surface area contributed by atoms with Gasteiger partial charge >= 0.3 is 0 Å². The highest BCUT2D eigenvalue weighted by molar-refractivity contribution is 6.33. The lowest BCUT2D eigenvalue weighted by molar-refractivity contribution is 0.0954. The van der Waals surface area contributed by atoms with Crippen molar-refractivity contribution in [3.05, 3.63) is 34.9 Å². The Morgan fingerprint density at radius 3 is 2.32 bits per heavy atom. The molecule has 0 bridgehead atoms. The highest BCUT2D eigenvalue weighted by atomic mass is 35.5. The van der Waals surface area contributed by atoms with Crippen LogP contribution in [0.2, 0.25) is 5.02 Å². The van der Waals surface area contributed by atoms with Crippen molar-refractivity contribution in [1.29, 1.82) is 0 Å². The van der Waals surface area contributed by atoms with Crippen molar-refractivity contribution < 1.29 is 4.79 Å². The standard InChI is InChI=1S/C21H36ClN5O/c1-6-23-21(25-12-9-15-27(16(2)3)17(4)5)26-14-13-24-20(28)18-10-7-8-11-19(18)22/h7-8,10-11,16-17H,6,9,12-15H2,1-5H3,(H,24,28)(H2,23,25,26). The minimum Gasteiger partial charge on any atom is -0.357 e. The maximum atomic E-state index is 12.1. The van der Waals surface area contributed by atoms with E-state index in [0.29, 0.717) is 35.8 Å². The van der Waals surface area contributed by atoms with Gasteiger partial charge in [-0.25, -0.2) is 0 Å². The Hall–Kier alpha value is -1.79. The van der Waals surface area contributed by atoms with Crippen LogP contribution < -0.4 is 16.0 Å². The zero-order valence-electron chi connectivity index (χ0n) is 17.9. The Morgan fingerprint density at radius 1 is 1.07 bits per heavy atom. The van der Waals surface area contributed by atoms with Crippen LogP contribution in [-0.2, 0) is 0 Å². The van der Waals surface area contributed by atoms with Gasteiger partial charge in [0.15, 0.2) is 5.96 Å². The molecule has 0 aliphatic heterocycles. The summed E-state index contributed by atoms with van der Waals surface area (Å²) in [6.07, 6.45) is 1.01. The van der Waals surface area contributed by atoms with Gasteiger partial charge in [0.25, 0.3) is 5.91 Å². The van der Waals surface area contributed by atoms with Crippen molar-refractivity contribution in [3.8, 4) is 0 Å². The smallest absolute Gasteiger partial charge is 0.252 e. The molecule has 0 aromatic heterocycles. The summed E-state index contributed by atoms with van der Waals surface area (Å²) in [5, 5.41) is 9.82. The molecule has 3 N–H and O–H groups in total. The fourth-order valence-electron chi connectivity index (χ4n) is 3.00. The number of benzene rings is 1. The van der Waals surface area contributed by atoms with Crippen molar-refractivity contribution in [1.82, 2.24) is 20.9 Å². The van der Waals surface area contributed by atoms with Crippen molar-refractivity contribution in [2.45, 2.75) is 53.1 Å². The average molecular weight is 410 g/mol. The van der Waals surface area contributed by atoms with Gasteiger partial charge < -0.3 is 16.0 Å². The molecule has 6 nitrogen and oxygen atoms in total. The zero-order valence-corrected chi connectivity index (χ0v) is 18.6. The van der Waals surface area contributed by atoms with Crippen LogP contribution >= 0.6 is 11.6 Å². The second-order valence-corrected chi connectivity index (χ2v) is 7.61. The molecule has 1 aromatic rings. The molecule has 0 unspecified atom stereocenters. The van der Waals surface area contributed by atoms with E-state index in [1.54, 1.807) is 24.3 Å². The number of rotatable bonds is 11. The van der Waals surface area contributed by atoms with Crippen LogP contribution in [0.3, 0.4) is 0 Å². The normalized spacial score (nSPS) is 12.0. The first kappa shape index (κ1) is 24.2. The van der Waals surface area contributed by atoms with Crippen LogP contribution in [-0.4, -0.2) is 61.6 Å². The third-order valence-corrected chi connectivity index (χ3v) is 4.67. The Morgan fingerprint density at radius 2 is 1.71 bits per heavy atom. The number of carbonyl (C=O) groups is 1. The molecule has 1 aromatic carbocycles. The highest BCUT2D eigenvalue weighted by Gasteiger charge is 2.12. The number of aliphatic imine (C=N–C) groups is 1. The Labute approximate surface area is 175 Å². The summed E-state index contributed by atoms with van der Waals surface area (Å²) in [6.45, 7) is 14.6. The molecule has 0 heterocycles. The Balaban J connectivity index is 2.38. The first-order valence-electron chi connectivity index (χ1n) is 10.2. The van der Waals surface area contributed by atoms with E-state index in [0.717, 1.165) is 32.0 Å². The van der Waals surface area contributed by atoms with E-state index in [2.05, 4.69) is 53.5 Å². The van der Waals surface area contributed by atoms with E-state index >= 15 is 0 Å². The first-order valence-corrected chi connectivity index (χ1v) is 10.5. The van der Waals surface area contributed by atoms with Gasteiger partial charge in [-0.15, -0.1) is 0 Å². The molecule has 0 spiro atoms. The second kappa shape index (κ2) is 13.4. The van der Waals surface area contributed by atoms with Crippen molar-refractivity contribution in [2.24, 2.45) is 4.99 Å². The molecular weight excluding hydrogens is 374 g/mol. The maximum absolute atomic E-state index is 12.1. The molecular formula is C21H36ClN5O. The van der Waals surface area contributed by atoms with Gasteiger partial charge in [0.1, 0.15) is 0 Å². The fourth-order valence-corrected chi connectivity index (χ4v) is 3.22. The lowest BCUT2D eigenvalue weighted by atomic mass is 10.2. The molecule has 0 atom stereocenters. The van der Waals surface area contributed by atoms with Crippen molar-refractivity contribution in [3.63, 3.8) is 0 Å². The summed E-state index contributed by atoms with van der Waals surface area (Å²) in [6, 6.07) is 8.11. The molecule has 158 valence electrons. The summed E-state index contributed by atoms with van der Waals surface area (Å²) >= 11 is 6.05. The van der Waals surface area contributed by atoms with Crippen molar-refractivity contribution >= 4 is 23.5 Å². The molecule has 28 heavy (non-hydrogen) atoms. The molecule has 0 saturated carbocycles. The third-order valence-electron chi connectivity index (χ3n) is 4.34. The Bertz CT molecular complexity index is 611. The maximum Gasteiger partial charge on any atom is 0.252 e. The van der Waals surface area contributed by atoms with Gasteiger partial charge in [-0.2, -0.15) is 0 Å². The first-order chi connectivity index (χ1) is 13.4. The number of guanidine groups is 1. The van der Waals surface area contributed by atoms with Crippen LogP contribution in [0.4, 0.5) is 0 Å². The molecule has 0 radical (unpaired) electrons. The summed E-state index contributed by atoms with van der Waals surface area (Å²) in [5.41, 5.74) is 0.490. The van der Waals surface area contributed by atoms with Gasteiger partial charge in [0, 0.05) is 44.8 Å². The van der Waals surface area contributed by atoms with Crippen LogP contribution in [0, 0.1) is 0 Å². The molecule has 7 heteroatoms. The average Bonchev–Trinajstić information content (AvgIpc) is 2.64. The van der Waals surface area contributed by atoms with Gasteiger partial charge in [-0.05, 0) is 53.2 Å². The van der Waals surface area contributed by atoms with E-state index in [9.17, 15) is 4.79 Å². The molecule has 0 aliphatic carbocycles. The number of carbonyl (C=O) groups excluding carboxylic acids is 1. The van der Waals surface area contributed by atoms with Crippen LogP contribution in [0.1, 0.15) is 51.4 Å². The largest absolute Gasteiger partial charge is 0.357 e. The lowest BCUT2D eigenvalue weighted by Crippen LogP contribution is -2.42. The predicted molar refractivity (Wildman–Crippen MR) is 119 cm³/mol. The number of hydrogen-bond acceptors (Lipinski definition) is 3. The van der Waals surface area contributed by atoms with E-state index in [4.69, 9.17) is 11.6 Å². The minimum absolute atomic E-state index is 0.170. The molecule has 0 fully saturated rings. The van der Waals surface area contributed by atoms with Crippen LogP contribution in [0.5, 0.6) is 0 Å². The van der Waals surface area contributed by atoms with Gasteiger partial charge in [-0.3, -0.25) is 14.7 Å². The van der Waals surface area contributed by atoms with Crippen LogP contribution in [0.15, 0.2) is 29.3 Å². The predicted octanol–water partition coefficient (Wildman–Crippen LogP) is 3.13. The number of nitrogens with one attached hydrogen (secondary N) is 3. The third kappa shape index (κ3) is 8.93.